The number of rotatable bonds is 7. The molecule has 1 heterocycles. The monoisotopic (exact) mass is 457 g/mol. The largest absolute Gasteiger partial charge is 0.361 e. The van der Waals surface area contributed by atoms with Crippen molar-refractivity contribution >= 4 is 28.8 Å². The maximum atomic E-state index is 13.7. The highest BCUT2D eigenvalue weighted by molar-refractivity contribution is 5.90. The van der Waals surface area contributed by atoms with Gasteiger partial charge in [-0.15, -0.1) is 0 Å². The number of benzene rings is 2. The van der Waals surface area contributed by atoms with Crippen molar-refractivity contribution in [2.45, 2.75) is 51.0 Å². The average Bonchev–Trinajstić information content (AvgIpc) is 3.63. The summed E-state index contributed by atoms with van der Waals surface area (Å²) in [5.41, 5.74) is 7.35. The van der Waals surface area contributed by atoms with Gasteiger partial charge in [-0.1, -0.05) is 49.2 Å². The Labute approximate surface area is 199 Å². The maximum Gasteiger partial charge on any atom is 0.267 e. The molecule has 2 aliphatic rings. The summed E-state index contributed by atoms with van der Waals surface area (Å²) >= 11 is 0. The molecule has 3 aromatic rings. The smallest absolute Gasteiger partial charge is 0.267 e. The van der Waals surface area contributed by atoms with Gasteiger partial charge in [0.05, 0.1) is 6.04 Å². The van der Waals surface area contributed by atoms with Crippen LogP contribution in [0.5, 0.6) is 0 Å². The van der Waals surface area contributed by atoms with Crippen LogP contribution >= 0.6 is 0 Å². The Hall–Kier alpha value is -3.38. The first kappa shape index (κ1) is 22.4. The Morgan fingerprint density at radius 2 is 1.94 bits per heavy atom. The number of amides is 2. The minimum Gasteiger partial charge on any atom is -0.361 e. The number of nitrogens with zero attached hydrogens (tertiary/aromatic N) is 1. The van der Waals surface area contributed by atoms with E-state index in [1.165, 1.54) is 28.2 Å². The first-order valence-electron chi connectivity index (χ1n) is 12.2. The molecule has 3 N–H and O–H groups in total. The lowest BCUT2D eigenvalue weighted by Gasteiger charge is -2.32. The van der Waals surface area contributed by atoms with E-state index in [0.717, 1.165) is 56.0 Å². The molecule has 1 saturated carbocycles. The van der Waals surface area contributed by atoms with Gasteiger partial charge in [0.2, 0.25) is 5.91 Å². The zero-order valence-electron chi connectivity index (χ0n) is 19.3. The highest BCUT2D eigenvalue weighted by atomic mass is 16.5. The first-order chi connectivity index (χ1) is 16.6. The molecule has 1 atom stereocenters. The van der Waals surface area contributed by atoms with Gasteiger partial charge >= 0.3 is 0 Å². The van der Waals surface area contributed by atoms with Crippen molar-refractivity contribution in [3.05, 3.63) is 77.0 Å². The third-order valence-electron chi connectivity index (χ3n) is 7.41. The predicted octanol–water partition coefficient (Wildman–Crippen LogP) is 4.94. The second-order valence-corrected chi connectivity index (χ2v) is 9.44. The van der Waals surface area contributed by atoms with Crippen LogP contribution in [0.2, 0.25) is 0 Å². The Balaban J connectivity index is 1.39. The Bertz CT molecular complexity index is 1220. The summed E-state index contributed by atoms with van der Waals surface area (Å²) in [6.45, 7) is 0.708. The van der Waals surface area contributed by atoms with Gasteiger partial charge in [0.1, 0.15) is 0 Å². The molecule has 2 amide bonds. The third kappa shape index (κ3) is 4.50. The number of nitrogens with one attached hydrogen (secondary N) is 2. The molecule has 6 heteroatoms. The second-order valence-electron chi connectivity index (χ2n) is 9.44. The minimum absolute atomic E-state index is 0.0899. The Morgan fingerprint density at radius 3 is 2.76 bits per heavy atom. The molecule has 1 aromatic heterocycles. The molecule has 2 aromatic carbocycles. The van der Waals surface area contributed by atoms with Crippen LogP contribution in [0.4, 0.5) is 0 Å². The summed E-state index contributed by atoms with van der Waals surface area (Å²) in [5, 5.41) is 9.92. The van der Waals surface area contributed by atoms with Crippen LogP contribution in [0.15, 0.2) is 54.7 Å². The molecule has 6 nitrogen and oxygen atoms in total. The van der Waals surface area contributed by atoms with Crippen molar-refractivity contribution in [1.29, 1.82) is 0 Å². The van der Waals surface area contributed by atoms with Crippen molar-refractivity contribution < 1.29 is 14.8 Å². The van der Waals surface area contributed by atoms with Crippen LogP contribution in [0.1, 0.15) is 60.4 Å². The van der Waals surface area contributed by atoms with Crippen LogP contribution in [-0.2, 0) is 22.4 Å². The molecule has 0 bridgehead atoms. The van der Waals surface area contributed by atoms with Crippen molar-refractivity contribution in [2.75, 3.05) is 6.54 Å². The first-order valence-corrected chi connectivity index (χ1v) is 12.2. The fourth-order valence-corrected chi connectivity index (χ4v) is 5.66. The van der Waals surface area contributed by atoms with Gasteiger partial charge < -0.3 is 9.88 Å². The summed E-state index contributed by atoms with van der Waals surface area (Å²) in [5.74, 6) is -0.103. The van der Waals surface area contributed by atoms with E-state index in [9.17, 15) is 9.59 Å². The molecule has 176 valence electrons. The van der Waals surface area contributed by atoms with E-state index in [1.54, 1.807) is 11.6 Å². The van der Waals surface area contributed by atoms with E-state index in [2.05, 4.69) is 46.4 Å². The number of hydroxylamine groups is 1. The fraction of sp³-hybridized carbons (Fsp3) is 0.357. The summed E-state index contributed by atoms with van der Waals surface area (Å²) < 4.78 is 0. The van der Waals surface area contributed by atoms with Gasteiger partial charge in [-0.2, -0.15) is 0 Å². The van der Waals surface area contributed by atoms with Crippen LogP contribution in [-0.4, -0.2) is 33.5 Å². The molecule has 2 aliphatic carbocycles. The molecular formula is C28H31N3O3. The van der Waals surface area contributed by atoms with Crippen LogP contribution < -0.4 is 5.48 Å². The predicted molar refractivity (Wildman–Crippen MR) is 132 cm³/mol. The standard InChI is InChI=1S/C28H31N3O3/c32-27(30-34)14-10-19-9-12-24-21(17-19)11-13-26(24)31(28(33)20-5-1-2-6-20)16-15-22-18-29-25-8-4-3-7-23(22)25/h3-4,7-10,12,14,17-18,20,26,29,34H,1-2,5-6,11,13,15-16H2,(H,30,32). The van der Waals surface area contributed by atoms with E-state index < -0.39 is 5.91 Å². The normalized spacial score (nSPS) is 18.0. The summed E-state index contributed by atoms with van der Waals surface area (Å²) in [4.78, 5) is 30.5. The van der Waals surface area contributed by atoms with Gasteiger partial charge in [0.15, 0.2) is 0 Å². The fourth-order valence-electron chi connectivity index (χ4n) is 5.66. The minimum atomic E-state index is -0.552. The molecular weight excluding hydrogens is 426 g/mol. The highest BCUT2D eigenvalue weighted by Gasteiger charge is 2.35. The topological polar surface area (TPSA) is 85.4 Å². The Morgan fingerprint density at radius 1 is 1.12 bits per heavy atom. The SMILES string of the molecule is O=C(C=Cc1ccc2c(c1)CCC2N(CCc1c[nH]c2ccccc12)C(=O)C1CCCC1)NO. The zero-order valence-corrected chi connectivity index (χ0v) is 19.3. The van der Waals surface area contributed by atoms with Crippen LogP contribution in [0.3, 0.4) is 0 Å². The third-order valence-corrected chi connectivity index (χ3v) is 7.41. The number of hydrogen-bond acceptors (Lipinski definition) is 3. The van der Waals surface area contributed by atoms with Gasteiger partial charge in [-0.25, -0.2) is 5.48 Å². The van der Waals surface area contributed by atoms with Crippen molar-refractivity contribution in [1.82, 2.24) is 15.4 Å². The number of aromatic amines is 1. The van der Waals surface area contributed by atoms with E-state index >= 15 is 0 Å². The number of aryl methyl sites for hydroxylation is 1. The molecule has 0 radical (unpaired) electrons. The molecule has 1 unspecified atom stereocenters. The van der Waals surface area contributed by atoms with Gasteiger partial charge in [0, 0.05) is 35.6 Å². The lowest BCUT2D eigenvalue weighted by Crippen LogP contribution is -2.39. The van der Waals surface area contributed by atoms with E-state index in [4.69, 9.17) is 5.21 Å². The van der Waals surface area contributed by atoms with E-state index in [-0.39, 0.29) is 12.0 Å². The Kier molecular flexibility index (Phi) is 6.50. The van der Waals surface area contributed by atoms with Crippen LogP contribution in [0, 0.1) is 5.92 Å². The summed E-state index contributed by atoms with van der Waals surface area (Å²) in [6.07, 6.45) is 12.0. The lowest BCUT2D eigenvalue weighted by molar-refractivity contribution is -0.138. The number of hydrogen-bond donors (Lipinski definition) is 3. The second kappa shape index (κ2) is 9.85. The number of carbonyl (C=O) groups excluding carboxylic acids is 2. The quantitative estimate of drug-likeness (QED) is 0.267. The lowest BCUT2D eigenvalue weighted by atomic mass is 10.00. The molecule has 5 rings (SSSR count). The van der Waals surface area contributed by atoms with Crippen molar-refractivity contribution in [2.24, 2.45) is 5.92 Å². The van der Waals surface area contributed by atoms with E-state index in [1.807, 2.05) is 12.1 Å². The average molecular weight is 458 g/mol. The highest BCUT2D eigenvalue weighted by Crippen LogP contribution is 2.39. The summed E-state index contributed by atoms with van der Waals surface area (Å²) in [6, 6.07) is 14.6. The number of fused-ring (bicyclic) bond motifs is 2. The van der Waals surface area contributed by atoms with Gasteiger partial charge in [-0.05, 0) is 66.5 Å². The molecule has 34 heavy (non-hydrogen) atoms. The van der Waals surface area contributed by atoms with E-state index in [0.29, 0.717) is 12.5 Å². The molecule has 0 aliphatic heterocycles. The van der Waals surface area contributed by atoms with Gasteiger partial charge in [-0.3, -0.25) is 14.8 Å². The molecule has 1 fully saturated rings. The maximum absolute atomic E-state index is 13.7. The van der Waals surface area contributed by atoms with Crippen molar-refractivity contribution in [3.8, 4) is 0 Å². The number of aromatic nitrogens is 1. The molecule has 0 spiro atoms. The van der Waals surface area contributed by atoms with Gasteiger partial charge in [0.25, 0.3) is 5.91 Å². The van der Waals surface area contributed by atoms with Crippen LogP contribution in [0.25, 0.3) is 17.0 Å². The van der Waals surface area contributed by atoms with Crippen molar-refractivity contribution in [3.63, 3.8) is 0 Å². The number of para-hydroxylation sites is 1. The molecule has 0 saturated heterocycles. The number of H-pyrrole nitrogens is 1. The number of carbonyl (C=O) groups is 2. The zero-order chi connectivity index (χ0) is 23.5. The summed E-state index contributed by atoms with van der Waals surface area (Å²) in [7, 11) is 0.